The van der Waals surface area contributed by atoms with E-state index in [9.17, 15) is 9.18 Å². The van der Waals surface area contributed by atoms with Crippen molar-refractivity contribution in [1.82, 2.24) is 14.8 Å². The minimum atomic E-state index is -0.561. The lowest BCUT2D eigenvalue weighted by Crippen LogP contribution is -2.30. The number of benzene rings is 2. The van der Waals surface area contributed by atoms with Crippen molar-refractivity contribution in [2.24, 2.45) is 0 Å². The van der Waals surface area contributed by atoms with Gasteiger partial charge in [-0.05, 0) is 37.1 Å². The molecular formula is C25H27FN4O4. The molecule has 0 saturated heterocycles. The lowest BCUT2D eigenvalue weighted by molar-refractivity contribution is -0.139. The maximum atomic E-state index is 14.0. The zero-order chi connectivity index (χ0) is 24.1. The monoisotopic (exact) mass is 466 g/mol. The summed E-state index contributed by atoms with van der Waals surface area (Å²) >= 11 is 0. The first-order valence-electron chi connectivity index (χ1n) is 11.2. The average Bonchev–Trinajstić information content (AvgIpc) is 3.31. The van der Waals surface area contributed by atoms with E-state index in [1.807, 2.05) is 13.0 Å². The molecule has 34 heavy (non-hydrogen) atoms. The van der Waals surface area contributed by atoms with Crippen molar-refractivity contribution in [1.29, 1.82) is 0 Å². The number of aromatic nitrogens is 3. The van der Waals surface area contributed by atoms with E-state index in [1.54, 1.807) is 41.9 Å². The van der Waals surface area contributed by atoms with Gasteiger partial charge in [0.25, 0.3) is 0 Å². The summed E-state index contributed by atoms with van der Waals surface area (Å²) in [6.45, 7) is 4.12. The average molecular weight is 467 g/mol. The van der Waals surface area contributed by atoms with Crippen molar-refractivity contribution in [3.8, 4) is 11.5 Å². The fraction of sp³-hybridized carbons (Fsp3) is 0.320. The van der Waals surface area contributed by atoms with E-state index >= 15 is 0 Å². The van der Waals surface area contributed by atoms with Crippen LogP contribution in [0.1, 0.15) is 43.9 Å². The minimum Gasteiger partial charge on any atom is -0.493 e. The minimum absolute atomic E-state index is 0.0532. The third-order valence-electron chi connectivity index (χ3n) is 5.52. The van der Waals surface area contributed by atoms with Gasteiger partial charge < -0.3 is 19.5 Å². The van der Waals surface area contributed by atoms with E-state index in [2.05, 4.69) is 15.4 Å². The van der Waals surface area contributed by atoms with E-state index in [1.165, 1.54) is 19.5 Å². The molecule has 4 rings (SSSR count). The summed E-state index contributed by atoms with van der Waals surface area (Å²) in [4.78, 5) is 17.3. The predicted molar refractivity (Wildman–Crippen MR) is 124 cm³/mol. The number of nitrogens with zero attached hydrogens (tertiary/aromatic N) is 3. The SMILES string of the molecule is CCCC1=C(C(=O)OCC)[C@@H](c2ccc(OCc3ccccc3F)c(OC)c2)n2ncnc2N1. The van der Waals surface area contributed by atoms with E-state index < -0.39 is 12.0 Å². The smallest absolute Gasteiger partial charge is 0.338 e. The summed E-state index contributed by atoms with van der Waals surface area (Å²) in [7, 11) is 1.53. The van der Waals surface area contributed by atoms with Crippen LogP contribution in [0.25, 0.3) is 0 Å². The molecule has 0 amide bonds. The molecule has 1 aliphatic heterocycles. The van der Waals surface area contributed by atoms with Gasteiger partial charge in [-0.15, -0.1) is 0 Å². The van der Waals surface area contributed by atoms with Gasteiger partial charge in [-0.2, -0.15) is 10.1 Å². The predicted octanol–water partition coefficient (Wildman–Crippen LogP) is 4.64. The van der Waals surface area contributed by atoms with Crippen LogP contribution in [0.3, 0.4) is 0 Å². The Hall–Kier alpha value is -3.88. The lowest BCUT2D eigenvalue weighted by atomic mass is 9.93. The van der Waals surface area contributed by atoms with Gasteiger partial charge in [0.1, 0.15) is 24.8 Å². The number of methoxy groups -OCH3 is 1. The largest absolute Gasteiger partial charge is 0.493 e. The summed E-state index contributed by atoms with van der Waals surface area (Å²) in [5.74, 6) is 0.704. The number of rotatable bonds is 9. The van der Waals surface area contributed by atoms with Crippen LogP contribution < -0.4 is 14.8 Å². The number of carbonyl (C=O) groups is 1. The summed E-state index contributed by atoms with van der Waals surface area (Å²) in [5, 5.41) is 7.58. The number of nitrogens with one attached hydrogen (secondary N) is 1. The van der Waals surface area contributed by atoms with Crippen LogP contribution in [0, 0.1) is 5.82 Å². The molecule has 178 valence electrons. The summed E-state index contributed by atoms with van der Waals surface area (Å²) in [5.41, 5.74) is 2.42. The fourth-order valence-corrected chi connectivity index (χ4v) is 3.96. The van der Waals surface area contributed by atoms with Crippen molar-refractivity contribution < 1.29 is 23.4 Å². The molecule has 9 heteroatoms. The van der Waals surface area contributed by atoms with Gasteiger partial charge in [0.2, 0.25) is 5.95 Å². The van der Waals surface area contributed by atoms with E-state index in [0.717, 1.165) is 17.7 Å². The zero-order valence-corrected chi connectivity index (χ0v) is 19.4. The highest BCUT2D eigenvalue weighted by Crippen LogP contribution is 2.40. The first-order valence-corrected chi connectivity index (χ1v) is 11.2. The van der Waals surface area contributed by atoms with Gasteiger partial charge in [-0.1, -0.05) is 37.6 Å². The van der Waals surface area contributed by atoms with Crippen molar-refractivity contribution in [3.63, 3.8) is 0 Å². The van der Waals surface area contributed by atoms with Crippen LogP contribution in [0.15, 0.2) is 60.1 Å². The molecule has 0 unspecified atom stereocenters. The van der Waals surface area contributed by atoms with Gasteiger partial charge in [-0.25, -0.2) is 13.9 Å². The number of carbonyl (C=O) groups excluding carboxylic acids is 1. The fourth-order valence-electron chi connectivity index (χ4n) is 3.96. The molecule has 0 saturated carbocycles. The Morgan fingerprint density at radius 1 is 1.18 bits per heavy atom. The number of esters is 1. The molecule has 0 bridgehead atoms. The van der Waals surface area contributed by atoms with Crippen molar-refractivity contribution in [2.45, 2.75) is 39.3 Å². The number of anilines is 1. The van der Waals surface area contributed by atoms with E-state index in [4.69, 9.17) is 14.2 Å². The molecule has 1 aliphatic rings. The molecule has 1 N–H and O–H groups in total. The molecule has 0 radical (unpaired) electrons. The summed E-state index contributed by atoms with van der Waals surface area (Å²) < 4.78 is 32.5. The molecule has 2 heterocycles. The standard InChI is InChI=1S/C25H27FN4O4/c1-4-8-19-22(24(31)33-5-2)23(30-25(29-19)27-15-28-30)16-11-12-20(21(13-16)32-3)34-14-17-9-6-7-10-18(17)26/h6-7,9-13,15,23H,4-5,8,14H2,1-3H3,(H,27,28,29)/t23-/m1/s1. The molecule has 0 fully saturated rings. The quantitative estimate of drug-likeness (QED) is 0.460. The maximum absolute atomic E-state index is 14.0. The number of hydrogen-bond acceptors (Lipinski definition) is 7. The topological polar surface area (TPSA) is 87.5 Å². The van der Waals surface area contributed by atoms with Crippen LogP contribution in [0.2, 0.25) is 0 Å². The van der Waals surface area contributed by atoms with E-state index in [-0.39, 0.29) is 19.0 Å². The van der Waals surface area contributed by atoms with E-state index in [0.29, 0.717) is 35.0 Å². The van der Waals surface area contributed by atoms with Gasteiger partial charge in [0.05, 0.1) is 19.3 Å². The third kappa shape index (κ3) is 4.59. The zero-order valence-electron chi connectivity index (χ0n) is 19.4. The van der Waals surface area contributed by atoms with Crippen molar-refractivity contribution in [3.05, 3.63) is 77.0 Å². The highest BCUT2D eigenvalue weighted by Gasteiger charge is 2.35. The van der Waals surface area contributed by atoms with Crippen LogP contribution >= 0.6 is 0 Å². The molecule has 1 aromatic heterocycles. The second-order valence-corrected chi connectivity index (χ2v) is 7.71. The number of ether oxygens (including phenoxy) is 3. The van der Waals surface area contributed by atoms with Crippen molar-refractivity contribution in [2.75, 3.05) is 19.0 Å². The summed E-state index contributed by atoms with van der Waals surface area (Å²) in [6.07, 6.45) is 2.92. The van der Waals surface area contributed by atoms with Gasteiger partial charge in [0, 0.05) is 11.3 Å². The Bertz CT molecular complexity index is 1210. The Balaban J connectivity index is 1.72. The number of halogens is 1. The maximum Gasteiger partial charge on any atom is 0.338 e. The first kappa shape index (κ1) is 23.3. The first-order chi connectivity index (χ1) is 16.6. The second kappa shape index (κ2) is 10.4. The highest BCUT2D eigenvalue weighted by molar-refractivity contribution is 5.92. The van der Waals surface area contributed by atoms with Gasteiger partial charge in [0.15, 0.2) is 11.5 Å². The molecule has 8 nitrogen and oxygen atoms in total. The number of hydrogen-bond donors (Lipinski definition) is 1. The van der Waals surface area contributed by atoms with Crippen LogP contribution in [0.4, 0.5) is 10.3 Å². The Labute approximate surface area is 197 Å². The number of allylic oxidation sites excluding steroid dienone is 1. The van der Waals surface area contributed by atoms with Crippen LogP contribution in [-0.2, 0) is 16.1 Å². The molecular weight excluding hydrogens is 439 g/mol. The second-order valence-electron chi connectivity index (χ2n) is 7.71. The molecule has 0 aliphatic carbocycles. The van der Waals surface area contributed by atoms with Gasteiger partial charge in [-0.3, -0.25) is 0 Å². The Morgan fingerprint density at radius 3 is 2.74 bits per heavy atom. The molecule has 1 atom stereocenters. The third-order valence-corrected chi connectivity index (χ3v) is 5.52. The normalized spacial score (nSPS) is 14.9. The lowest BCUT2D eigenvalue weighted by Gasteiger charge is -2.29. The molecule has 3 aromatic rings. The Morgan fingerprint density at radius 2 is 2.00 bits per heavy atom. The van der Waals surface area contributed by atoms with Gasteiger partial charge >= 0.3 is 5.97 Å². The number of fused-ring (bicyclic) bond motifs is 1. The van der Waals surface area contributed by atoms with Crippen molar-refractivity contribution >= 4 is 11.9 Å². The van der Waals surface area contributed by atoms with Crippen LogP contribution in [0.5, 0.6) is 11.5 Å². The molecule has 0 spiro atoms. The summed E-state index contributed by atoms with van der Waals surface area (Å²) in [6, 6.07) is 11.3. The molecule has 2 aromatic carbocycles. The Kier molecular flexibility index (Phi) is 7.10. The highest BCUT2D eigenvalue weighted by atomic mass is 19.1. The van der Waals surface area contributed by atoms with Crippen LogP contribution in [-0.4, -0.2) is 34.5 Å².